The molecule has 2 aromatic rings. The van der Waals surface area contributed by atoms with Crippen LogP contribution in [0.15, 0.2) is 66.9 Å². The lowest BCUT2D eigenvalue weighted by molar-refractivity contribution is -0.384. The molecule has 6 nitrogen and oxygen atoms in total. The van der Waals surface area contributed by atoms with E-state index in [1.54, 1.807) is 48.5 Å². The number of allylic oxidation sites excluding steroid dienone is 1. The molecule has 22 heavy (non-hydrogen) atoms. The minimum absolute atomic E-state index is 0.0342. The van der Waals surface area contributed by atoms with Gasteiger partial charge in [0, 0.05) is 37.0 Å². The average molecular weight is 297 g/mol. The lowest BCUT2D eigenvalue weighted by atomic mass is 10.1. The van der Waals surface area contributed by atoms with Crippen LogP contribution in [0.25, 0.3) is 0 Å². The molecular formula is C16H15N3O3. The number of hydrogen-bond donors (Lipinski definition) is 1. The maximum atomic E-state index is 11.9. The zero-order valence-corrected chi connectivity index (χ0v) is 12.0. The minimum Gasteiger partial charge on any atom is -0.306 e. The Morgan fingerprint density at radius 2 is 1.77 bits per heavy atom. The summed E-state index contributed by atoms with van der Waals surface area (Å²) in [6.07, 6.45) is 2.95. The van der Waals surface area contributed by atoms with Crippen LogP contribution in [0.3, 0.4) is 0 Å². The van der Waals surface area contributed by atoms with E-state index in [0.717, 1.165) is 5.69 Å². The van der Waals surface area contributed by atoms with Crippen LogP contribution in [0.2, 0.25) is 0 Å². The maximum Gasteiger partial charge on any atom is 0.269 e. The first-order valence-corrected chi connectivity index (χ1v) is 6.58. The molecule has 0 aromatic heterocycles. The van der Waals surface area contributed by atoms with E-state index in [9.17, 15) is 14.9 Å². The zero-order chi connectivity index (χ0) is 15.9. The van der Waals surface area contributed by atoms with Crippen LogP contribution >= 0.6 is 0 Å². The van der Waals surface area contributed by atoms with Crippen LogP contribution < -0.4 is 10.4 Å². The Labute approximate surface area is 127 Å². The van der Waals surface area contributed by atoms with E-state index >= 15 is 0 Å². The molecule has 0 spiro atoms. The van der Waals surface area contributed by atoms with Crippen LogP contribution in [0, 0.1) is 10.1 Å². The van der Waals surface area contributed by atoms with Crippen molar-refractivity contribution < 1.29 is 9.72 Å². The van der Waals surface area contributed by atoms with Gasteiger partial charge in [0.25, 0.3) is 5.69 Å². The molecule has 0 aliphatic rings. The van der Waals surface area contributed by atoms with Gasteiger partial charge in [-0.25, -0.2) is 0 Å². The minimum atomic E-state index is -0.449. The quantitative estimate of drug-likeness (QED) is 0.384. The van der Waals surface area contributed by atoms with Crippen molar-refractivity contribution in [3.63, 3.8) is 0 Å². The van der Waals surface area contributed by atoms with Gasteiger partial charge in [-0.1, -0.05) is 30.3 Å². The zero-order valence-electron chi connectivity index (χ0n) is 12.0. The van der Waals surface area contributed by atoms with Crippen LogP contribution in [0.1, 0.15) is 10.4 Å². The maximum absolute atomic E-state index is 11.9. The summed E-state index contributed by atoms with van der Waals surface area (Å²) in [6.45, 7) is 0. The van der Waals surface area contributed by atoms with Gasteiger partial charge in [-0.15, -0.1) is 0 Å². The molecule has 0 fully saturated rings. The molecular weight excluding hydrogens is 282 g/mol. The van der Waals surface area contributed by atoms with Gasteiger partial charge >= 0.3 is 0 Å². The van der Waals surface area contributed by atoms with Crippen molar-refractivity contribution in [3.8, 4) is 0 Å². The number of ketones is 1. The largest absolute Gasteiger partial charge is 0.306 e. The SMILES string of the molecule is CN(N/C=C\C(=O)c1ccccc1)c1ccc([N+](=O)[O-])cc1. The Hall–Kier alpha value is -3.15. The summed E-state index contributed by atoms with van der Waals surface area (Å²) >= 11 is 0. The molecule has 0 amide bonds. The highest BCUT2D eigenvalue weighted by atomic mass is 16.6. The summed E-state index contributed by atoms with van der Waals surface area (Å²) in [4.78, 5) is 22.0. The molecule has 0 atom stereocenters. The molecule has 0 unspecified atom stereocenters. The normalized spacial score (nSPS) is 10.4. The Balaban J connectivity index is 1.94. The van der Waals surface area contributed by atoms with E-state index in [0.29, 0.717) is 5.56 Å². The third kappa shape index (κ3) is 3.92. The van der Waals surface area contributed by atoms with E-state index in [-0.39, 0.29) is 11.5 Å². The number of benzene rings is 2. The van der Waals surface area contributed by atoms with Gasteiger partial charge in [-0.2, -0.15) is 0 Å². The molecule has 6 heteroatoms. The van der Waals surface area contributed by atoms with Crippen molar-refractivity contribution in [1.82, 2.24) is 5.43 Å². The van der Waals surface area contributed by atoms with Crippen molar-refractivity contribution >= 4 is 17.2 Å². The summed E-state index contributed by atoms with van der Waals surface area (Å²) in [5, 5.41) is 12.2. The second-order valence-corrected chi connectivity index (χ2v) is 4.53. The molecule has 0 heterocycles. The molecule has 0 aliphatic heterocycles. The van der Waals surface area contributed by atoms with E-state index < -0.39 is 4.92 Å². The average Bonchev–Trinajstić information content (AvgIpc) is 2.55. The number of carbonyl (C=O) groups excluding carboxylic acids is 1. The van der Waals surface area contributed by atoms with Gasteiger partial charge < -0.3 is 5.43 Å². The fraction of sp³-hybridized carbons (Fsp3) is 0.0625. The van der Waals surface area contributed by atoms with Crippen molar-refractivity contribution in [2.45, 2.75) is 0 Å². The smallest absolute Gasteiger partial charge is 0.269 e. The van der Waals surface area contributed by atoms with Crippen LogP contribution in [0.5, 0.6) is 0 Å². The van der Waals surface area contributed by atoms with Crippen LogP contribution in [0.4, 0.5) is 11.4 Å². The summed E-state index contributed by atoms with van der Waals surface area (Å²) in [5.74, 6) is -0.106. The Morgan fingerprint density at radius 3 is 2.36 bits per heavy atom. The molecule has 2 rings (SSSR count). The summed E-state index contributed by atoms with van der Waals surface area (Å²) in [7, 11) is 1.75. The van der Waals surface area contributed by atoms with E-state index in [1.807, 2.05) is 6.07 Å². The van der Waals surface area contributed by atoms with Gasteiger partial charge in [-0.05, 0) is 12.1 Å². The molecule has 0 saturated heterocycles. The monoisotopic (exact) mass is 297 g/mol. The lowest BCUT2D eigenvalue weighted by Crippen LogP contribution is -2.29. The van der Waals surface area contributed by atoms with Gasteiger partial charge in [0.15, 0.2) is 5.78 Å². The second-order valence-electron chi connectivity index (χ2n) is 4.53. The number of hydrazine groups is 1. The third-order valence-corrected chi connectivity index (χ3v) is 3.01. The lowest BCUT2D eigenvalue weighted by Gasteiger charge is -2.18. The van der Waals surface area contributed by atoms with Gasteiger partial charge in [0.1, 0.15) is 0 Å². The molecule has 0 aliphatic carbocycles. The molecule has 0 saturated carbocycles. The standard InChI is InChI=1S/C16H15N3O3/c1-18(14-7-9-15(10-8-14)19(21)22)17-12-11-16(20)13-5-3-2-4-6-13/h2-12,17H,1H3/b12-11-. The van der Waals surface area contributed by atoms with E-state index in [2.05, 4.69) is 5.43 Å². The van der Waals surface area contributed by atoms with Gasteiger partial charge in [-0.3, -0.25) is 19.9 Å². The molecule has 2 aromatic carbocycles. The Bertz CT molecular complexity index is 682. The number of rotatable bonds is 6. The molecule has 1 N–H and O–H groups in total. The number of nitrogens with zero attached hydrogens (tertiary/aromatic N) is 2. The third-order valence-electron chi connectivity index (χ3n) is 3.01. The first-order chi connectivity index (χ1) is 10.6. The van der Waals surface area contributed by atoms with Crippen molar-refractivity contribution in [2.24, 2.45) is 0 Å². The fourth-order valence-corrected chi connectivity index (χ4v) is 1.80. The summed E-state index contributed by atoms with van der Waals surface area (Å²) < 4.78 is 0. The first kappa shape index (κ1) is 15.2. The number of nitrogens with one attached hydrogen (secondary N) is 1. The predicted octanol–water partition coefficient (Wildman–Crippen LogP) is 2.93. The number of anilines is 1. The topological polar surface area (TPSA) is 75.5 Å². The van der Waals surface area contributed by atoms with Crippen molar-refractivity contribution in [3.05, 3.63) is 82.6 Å². The van der Waals surface area contributed by atoms with E-state index in [1.165, 1.54) is 24.4 Å². The highest BCUT2D eigenvalue weighted by Crippen LogP contribution is 2.17. The number of nitro groups is 1. The highest BCUT2D eigenvalue weighted by molar-refractivity contribution is 6.04. The number of nitro benzene ring substituents is 1. The predicted molar refractivity (Wildman–Crippen MR) is 84.5 cm³/mol. The molecule has 0 bridgehead atoms. The number of hydrogen-bond acceptors (Lipinski definition) is 5. The molecule has 0 radical (unpaired) electrons. The Kier molecular flexibility index (Phi) is 4.87. The number of carbonyl (C=O) groups is 1. The van der Waals surface area contributed by atoms with Gasteiger partial charge in [0.05, 0.1) is 10.6 Å². The molecule has 112 valence electrons. The summed E-state index contributed by atoms with van der Waals surface area (Å²) in [5.41, 5.74) is 4.29. The van der Waals surface area contributed by atoms with Crippen LogP contribution in [-0.2, 0) is 0 Å². The van der Waals surface area contributed by atoms with Crippen LogP contribution in [-0.4, -0.2) is 17.8 Å². The highest BCUT2D eigenvalue weighted by Gasteiger charge is 2.05. The van der Waals surface area contributed by atoms with Crippen molar-refractivity contribution in [1.29, 1.82) is 0 Å². The first-order valence-electron chi connectivity index (χ1n) is 6.58. The van der Waals surface area contributed by atoms with Crippen molar-refractivity contribution in [2.75, 3.05) is 12.1 Å². The van der Waals surface area contributed by atoms with E-state index in [4.69, 9.17) is 0 Å². The Morgan fingerprint density at radius 1 is 1.14 bits per heavy atom. The summed E-state index contributed by atoms with van der Waals surface area (Å²) in [6, 6.07) is 15.0. The second kappa shape index (κ2) is 7.03. The number of non-ortho nitro benzene ring substituents is 1. The fourth-order valence-electron chi connectivity index (χ4n) is 1.80. The van der Waals surface area contributed by atoms with Gasteiger partial charge in [0.2, 0.25) is 0 Å².